The predicted molar refractivity (Wildman–Crippen MR) is 53.6 cm³/mol. The Labute approximate surface area is 85.7 Å². The summed E-state index contributed by atoms with van der Waals surface area (Å²) < 4.78 is 0. The number of carbonyl (C=O) groups is 1. The molecule has 0 aromatic heterocycles. The van der Waals surface area contributed by atoms with Crippen LogP contribution in [0.5, 0.6) is 0 Å². The van der Waals surface area contributed by atoms with Gasteiger partial charge in [0.1, 0.15) is 11.6 Å². The average molecular weight is 205 g/mol. The van der Waals surface area contributed by atoms with Crippen LogP contribution in [0.2, 0.25) is 0 Å². The van der Waals surface area contributed by atoms with Crippen LogP contribution in [-0.4, -0.2) is 11.1 Å². The van der Waals surface area contributed by atoms with E-state index in [1.807, 2.05) is 30.3 Å². The summed E-state index contributed by atoms with van der Waals surface area (Å²) in [6.45, 7) is 0. The summed E-state index contributed by atoms with van der Waals surface area (Å²) in [6.07, 6.45) is 0. The molecule has 0 aliphatic rings. The maximum absolute atomic E-state index is 10.4. The fourth-order valence-corrected chi connectivity index (χ4v) is 1.47. The number of thioether (sulfide) groups is 1. The third kappa shape index (κ3) is 2.96. The lowest BCUT2D eigenvalue weighted by molar-refractivity contribution is -0.132. The lowest BCUT2D eigenvalue weighted by Gasteiger charge is -1.94. The van der Waals surface area contributed by atoms with Crippen molar-refractivity contribution in [1.82, 2.24) is 0 Å². The molecule has 0 fully saturated rings. The summed E-state index contributed by atoms with van der Waals surface area (Å²) in [7, 11) is 0. The molecule has 0 spiro atoms. The summed E-state index contributed by atoms with van der Waals surface area (Å²) in [4.78, 5) is 11.4. The van der Waals surface area contributed by atoms with E-state index in [2.05, 4.69) is 0 Å². The molecular formula is C10H7NO2S. The molecule has 0 atom stereocenters. The number of aliphatic carboxylic acids is 1. The van der Waals surface area contributed by atoms with Gasteiger partial charge in [0, 0.05) is 10.3 Å². The maximum Gasteiger partial charge on any atom is 0.346 e. The Balaban J connectivity index is 2.73. The zero-order valence-corrected chi connectivity index (χ0v) is 7.99. The van der Waals surface area contributed by atoms with Gasteiger partial charge in [0.05, 0.1) is 0 Å². The van der Waals surface area contributed by atoms with Crippen LogP contribution in [0.15, 0.2) is 46.2 Å². The Bertz CT molecular complexity index is 392. The second kappa shape index (κ2) is 5.10. The van der Waals surface area contributed by atoms with E-state index >= 15 is 0 Å². The zero-order valence-electron chi connectivity index (χ0n) is 7.18. The molecule has 0 saturated heterocycles. The summed E-state index contributed by atoms with van der Waals surface area (Å²) >= 11 is 1.22. The number of carboxylic acid groups (broad SMARTS) is 1. The second-order valence-corrected chi connectivity index (χ2v) is 3.32. The van der Waals surface area contributed by atoms with Crippen molar-refractivity contribution in [2.45, 2.75) is 4.90 Å². The standard InChI is InChI=1S/C10H7NO2S/c11-6-8(10(12)13)7-14-9-4-2-1-3-5-9/h1-5,7H,(H,12,13)/b8-7-. The molecule has 0 bridgehead atoms. The minimum atomic E-state index is -1.20. The van der Waals surface area contributed by atoms with Crippen LogP contribution < -0.4 is 0 Å². The highest BCUT2D eigenvalue weighted by molar-refractivity contribution is 8.02. The summed E-state index contributed by atoms with van der Waals surface area (Å²) in [5.74, 6) is -1.20. The van der Waals surface area contributed by atoms with Gasteiger partial charge in [-0.1, -0.05) is 30.0 Å². The first-order valence-electron chi connectivity index (χ1n) is 3.79. The van der Waals surface area contributed by atoms with Crippen LogP contribution in [0, 0.1) is 11.3 Å². The molecule has 1 N–H and O–H groups in total. The van der Waals surface area contributed by atoms with Gasteiger partial charge in [-0.25, -0.2) is 4.79 Å². The largest absolute Gasteiger partial charge is 0.477 e. The molecule has 0 unspecified atom stereocenters. The highest BCUT2D eigenvalue weighted by Gasteiger charge is 2.04. The van der Waals surface area contributed by atoms with Crippen molar-refractivity contribution in [3.8, 4) is 6.07 Å². The molecule has 0 saturated carbocycles. The molecular weight excluding hydrogens is 198 g/mol. The van der Waals surface area contributed by atoms with E-state index in [-0.39, 0.29) is 5.57 Å². The van der Waals surface area contributed by atoms with Gasteiger partial charge in [-0.15, -0.1) is 0 Å². The molecule has 14 heavy (non-hydrogen) atoms. The Hall–Kier alpha value is -1.73. The SMILES string of the molecule is N#C/C(=C/Sc1ccccc1)C(=O)O. The molecule has 3 nitrogen and oxygen atoms in total. The topological polar surface area (TPSA) is 61.1 Å². The van der Waals surface area contributed by atoms with Gasteiger partial charge in [-0.05, 0) is 12.1 Å². The van der Waals surface area contributed by atoms with Crippen LogP contribution in [-0.2, 0) is 4.79 Å². The Morgan fingerprint density at radius 3 is 2.57 bits per heavy atom. The van der Waals surface area contributed by atoms with E-state index in [1.54, 1.807) is 6.07 Å². The normalized spacial score (nSPS) is 10.6. The minimum absolute atomic E-state index is 0.251. The quantitative estimate of drug-likeness (QED) is 0.467. The van der Waals surface area contributed by atoms with Crippen molar-refractivity contribution in [2.24, 2.45) is 0 Å². The number of hydrogen-bond acceptors (Lipinski definition) is 3. The average Bonchev–Trinajstić information content (AvgIpc) is 2.20. The van der Waals surface area contributed by atoms with Crippen molar-refractivity contribution in [3.63, 3.8) is 0 Å². The van der Waals surface area contributed by atoms with Crippen LogP contribution in [0.4, 0.5) is 0 Å². The van der Waals surface area contributed by atoms with Crippen LogP contribution in [0.25, 0.3) is 0 Å². The van der Waals surface area contributed by atoms with Crippen LogP contribution in [0.3, 0.4) is 0 Å². The highest BCUT2D eigenvalue weighted by atomic mass is 32.2. The second-order valence-electron chi connectivity index (χ2n) is 2.38. The molecule has 1 aromatic carbocycles. The van der Waals surface area contributed by atoms with Crippen LogP contribution in [0.1, 0.15) is 0 Å². The molecule has 70 valence electrons. The Morgan fingerprint density at radius 1 is 1.43 bits per heavy atom. The van der Waals surface area contributed by atoms with Gasteiger partial charge in [0.25, 0.3) is 0 Å². The zero-order chi connectivity index (χ0) is 10.4. The van der Waals surface area contributed by atoms with Crippen molar-refractivity contribution < 1.29 is 9.90 Å². The van der Waals surface area contributed by atoms with Gasteiger partial charge in [0.2, 0.25) is 0 Å². The minimum Gasteiger partial charge on any atom is -0.477 e. The molecule has 1 rings (SSSR count). The van der Waals surface area contributed by atoms with E-state index in [0.29, 0.717) is 0 Å². The summed E-state index contributed by atoms with van der Waals surface area (Å²) in [6, 6.07) is 10.9. The highest BCUT2D eigenvalue weighted by Crippen LogP contribution is 2.19. The fraction of sp³-hybridized carbons (Fsp3) is 0. The smallest absolute Gasteiger partial charge is 0.346 e. The van der Waals surface area contributed by atoms with Gasteiger partial charge < -0.3 is 5.11 Å². The number of rotatable bonds is 3. The fourth-order valence-electron chi connectivity index (χ4n) is 0.751. The third-order valence-electron chi connectivity index (χ3n) is 1.41. The van der Waals surface area contributed by atoms with E-state index < -0.39 is 5.97 Å². The molecule has 0 aliphatic carbocycles. The number of nitriles is 1. The van der Waals surface area contributed by atoms with Gasteiger partial charge in [0.15, 0.2) is 0 Å². The van der Waals surface area contributed by atoms with E-state index in [0.717, 1.165) is 4.90 Å². The number of nitrogens with zero attached hydrogens (tertiary/aromatic N) is 1. The van der Waals surface area contributed by atoms with E-state index in [9.17, 15) is 4.79 Å². The lowest BCUT2D eigenvalue weighted by Crippen LogP contribution is -1.96. The van der Waals surface area contributed by atoms with Crippen molar-refractivity contribution in [1.29, 1.82) is 5.26 Å². The molecule has 0 amide bonds. The van der Waals surface area contributed by atoms with Crippen molar-refractivity contribution in [3.05, 3.63) is 41.3 Å². The number of hydrogen-bond donors (Lipinski definition) is 1. The van der Waals surface area contributed by atoms with Crippen molar-refractivity contribution in [2.75, 3.05) is 0 Å². The maximum atomic E-state index is 10.4. The molecule has 0 radical (unpaired) electrons. The summed E-state index contributed by atoms with van der Waals surface area (Å²) in [5.41, 5.74) is -0.251. The number of carboxylic acids is 1. The van der Waals surface area contributed by atoms with E-state index in [1.165, 1.54) is 17.2 Å². The number of benzene rings is 1. The van der Waals surface area contributed by atoms with Gasteiger partial charge >= 0.3 is 5.97 Å². The Kier molecular flexibility index (Phi) is 3.77. The molecule has 4 heteroatoms. The van der Waals surface area contributed by atoms with Gasteiger partial charge in [-0.2, -0.15) is 5.26 Å². The van der Waals surface area contributed by atoms with E-state index in [4.69, 9.17) is 10.4 Å². The first kappa shape index (κ1) is 10.4. The molecule has 0 aliphatic heterocycles. The first-order chi connectivity index (χ1) is 6.74. The van der Waals surface area contributed by atoms with Crippen molar-refractivity contribution >= 4 is 17.7 Å². The first-order valence-corrected chi connectivity index (χ1v) is 4.67. The summed E-state index contributed by atoms with van der Waals surface area (Å²) in [5, 5.41) is 18.3. The molecule has 1 aromatic rings. The van der Waals surface area contributed by atoms with Crippen LogP contribution >= 0.6 is 11.8 Å². The predicted octanol–water partition coefficient (Wildman–Crippen LogP) is 2.27. The monoisotopic (exact) mass is 205 g/mol. The Morgan fingerprint density at radius 2 is 2.07 bits per heavy atom. The lowest BCUT2D eigenvalue weighted by atomic mass is 10.3. The molecule has 0 heterocycles. The third-order valence-corrected chi connectivity index (χ3v) is 2.30. The van der Waals surface area contributed by atoms with Gasteiger partial charge in [-0.3, -0.25) is 0 Å².